The van der Waals surface area contributed by atoms with E-state index >= 15 is 0 Å². The van der Waals surface area contributed by atoms with Gasteiger partial charge in [0.1, 0.15) is 0 Å². The maximum atomic E-state index is 6.41. The molecule has 1 nitrogen and oxygen atoms in total. The molecule has 2 N–H and O–H groups in total. The van der Waals surface area contributed by atoms with Gasteiger partial charge in [-0.15, -0.1) is 0 Å². The minimum absolute atomic E-state index is 0.166. The Labute approximate surface area is 126 Å². The Hall–Kier alpha value is -0.820. The molecular weight excluding hydrogens is 242 g/mol. The van der Waals surface area contributed by atoms with Gasteiger partial charge in [-0.25, -0.2) is 0 Å². The molecule has 0 aliphatic rings. The third-order valence-corrected chi connectivity index (χ3v) is 3.64. The number of hydrogen-bond donors (Lipinski definition) is 1. The Bertz CT molecular complexity index is 400. The second-order valence-corrected chi connectivity index (χ2v) is 8.06. The Balaban J connectivity index is 2.65. The minimum atomic E-state index is 0.166. The van der Waals surface area contributed by atoms with Crippen molar-refractivity contribution in [2.45, 2.75) is 66.8 Å². The normalized spacial score (nSPS) is 15.4. The molecule has 0 aliphatic carbocycles. The van der Waals surface area contributed by atoms with Crippen LogP contribution in [0.2, 0.25) is 0 Å². The summed E-state index contributed by atoms with van der Waals surface area (Å²) in [6.45, 7) is 13.8. The van der Waals surface area contributed by atoms with Crippen molar-refractivity contribution >= 4 is 0 Å². The highest BCUT2D eigenvalue weighted by atomic mass is 14.6. The molecule has 2 unspecified atom stereocenters. The van der Waals surface area contributed by atoms with Gasteiger partial charge in [-0.3, -0.25) is 0 Å². The first-order valence-corrected chi connectivity index (χ1v) is 8.02. The summed E-state index contributed by atoms with van der Waals surface area (Å²) >= 11 is 0. The van der Waals surface area contributed by atoms with Crippen LogP contribution in [0, 0.1) is 17.3 Å². The third kappa shape index (κ3) is 6.56. The molecule has 1 rings (SSSR count). The van der Waals surface area contributed by atoms with Crippen LogP contribution in [0.3, 0.4) is 0 Å². The van der Waals surface area contributed by atoms with E-state index in [1.54, 1.807) is 0 Å². The van der Waals surface area contributed by atoms with Gasteiger partial charge >= 0.3 is 0 Å². The average molecular weight is 275 g/mol. The van der Waals surface area contributed by atoms with E-state index in [0.29, 0.717) is 17.3 Å². The van der Waals surface area contributed by atoms with Gasteiger partial charge in [0.15, 0.2) is 0 Å². The average Bonchev–Trinajstić information content (AvgIpc) is 2.25. The monoisotopic (exact) mass is 275 g/mol. The van der Waals surface area contributed by atoms with Crippen LogP contribution in [0.25, 0.3) is 0 Å². The summed E-state index contributed by atoms with van der Waals surface area (Å²) in [7, 11) is 0. The quantitative estimate of drug-likeness (QED) is 0.744. The Kier molecular flexibility index (Phi) is 6.26. The highest BCUT2D eigenvalue weighted by Gasteiger charge is 2.18. The van der Waals surface area contributed by atoms with Crippen LogP contribution < -0.4 is 5.73 Å². The van der Waals surface area contributed by atoms with Gasteiger partial charge in [-0.1, -0.05) is 65.8 Å². The molecule has 0 fully saturated rings. The lowest BCUT2D eigenvalue weighted by Gasteiger charge is -2.25. The topological polar surface area (TPSA) is 26.0 Å². The van der Waals surface area contributed by atoms with E-state index in [1.807, 2.05) is 0 Å². The molecule has 0 aliphatic heterocycles. The van der Waals surface area contributed by atoms with Gasteiger partial charge in [-0.05, 0) is 47.6 Å². The van der Waals surface area contributed by atoms with E-state index in [4.69, 9.17) is 5.73 Å². The molecule has 0 saturated heterocycles. The minimum Gasteiger partial charge on any atom is -0.324 e. The zero-order valence-electron chi connectivity index (χ0n) is 14.2. The maximum absolute atomic E-state index is 6.41. The predicted octanol–water partition coefficient (Wildman–Crippen LogP) is 5.35. The Morgan fingerprint density at radius 2 is 1.75 bits per heavy atom. The fourth-order valence-electron chi connectivity index (χ4n) is 3.12. The molecule has 114 valence electrons. The molecule has 0 spiro atoms. The number of hydrogen-bond acceptors (Lipinski definition) is 1. The van der Waals surface area contributed by atoms with Crippen LogP contribution in [0.1, 0.15) is 71.6 Å². The largest absolute Gasteiger partial charge is 0.324 e. The summed E-state index contributed by atoms with van der Waals surface area (Å²) in [6.07, 6.45) is 3.44. The summed E-state index contributed by atoms with van der Waals surface area (Å²) in [6, 6.07) is 9.02. The van der Waals surface area contributed by atoms with Gasteiger partial charge < -0.3 is 5.73 Å². The number of rotatable bonds is 6. The molecule has 1 heteroatoms. The molecule has 0 heterocycles. The van der Waals surface area contributed by atoms with Gasteiger partial charge in [0.2, 0.25) is 0 Å². The van der Waals surface area contributed by atoms with Gasteiger partial charge in [0.25, 0.3) is 0 Å². The smallest absolute Gasteiger partial charge is 0.0297 e. The standard InChI is InChI=1S/C19H33N/c1-14(2)10-16-8-7-9-17(12-16)18(20)11-15(3)13-19(4,5)6/h7-9,12,14-15,18H,10-11,13,20H2,1-6H3. The summed E-state index contributed by atoms with van der Waals surface area (Å²) in [4.78, 5) is 0. The van der Waals surface area contributed by atoms with E-state index in [1.165, 1.54) is 17.5 Å². The summed E-state index contributed by atoms with van der Waals surface area (Å²) in [5.41, 5.74) is 9.51. The van der Waals surface area contributed by atoms with Crippen molar-refractivity contribution in [2.24, 2.45) is 23.0 Å². The number of nitrogens with two attached hydrogens (primary N) is 1. The number of benzene rings is 1. The zero-order valence-corrected chi connectivity index (χ0v) is 14.2. The zero-order chi connectivity index (χ0) is 15.3. The molecule has 0 amide bonds. The first-order valence-electron chi connectivity index (χ1n) is 8.02. The lowest BCUT2D eigenvalue weighted by Crippen LogP contribution is -2.18. The first-order chi connectivity index (χ1) is 9.17. The maximum Gasteiger partial charge on any atom is 0.0297 e. The summed E-state index contributed by atoms with van der Waals surface area (Å²) in [5.74, 6) is 1.36. The summed E-state index contributed by atoms with van der Waals surface area (Å²) in [5, 5.41) is 0. The lowest BCUT2D eigenvalue weighted by atomic mass is 9.82. The van der Waals surface area contributed by atoms with Gasteiger partial charge in [0, 0.05) is 6.04 Å². The molecule has 20 heavy (non-hydrogen) atoms. The van der Waals surface area contributed by atoms with Crippen molar-refractivity contribution in [2.75, 3.05) is 0 Å². The SMILES string of the molecule is CC(C)Cc1cccc(C(N)CC(C)CC(C)(C)C)c1. The molecule has 2 atom stereocenters. The van der Waals surface area contributed by atoms with Crippen molar-refractivity contribution in [3.8, 4) is 0 Å². The highest BCUT2D eigenvalue weighted by Crippen LogP contribution is 2.29. The first kappa shape index (κ1) is 17.2. The molecule has 1 aromatic rings. The molecule has 1 aromatic carbocycles. The van der Waals surface area contributed by atoms with E-state index in [9.17, 15) is 0 Å². The van der Waals surface area contributed by atoms with Crippen molar-refractivity contribution in [3.05, 3.63) is 35.4 Å². The van der Waals surface area contributed by atoms with Crippen LogP contribution in [0.4, 0.5) is 0 Å². The van der Waals surface area contributed by atoms with E-state index in [2.05, 4.69) is 65.8 Å². The van der Waals surface area contributed by atoms with Crippen molar-refractivity contribution in [1.82, 2.24) is 0 Å². The fourth-order valence-corrected chi connectivity index (χ4v) is 3.12. The second kappa shape index (κ2) is 7.26. The molecule has 0 bridgehead atoms. The molecule has 0 aromatic heterocycles. The lowest BCUT2D eigenvalue weighted by molar-refractivity contribution is 0.286. The van der Waals surface area contributed by atoms with Crippen molar-refractivity contribution in [1.29, 1.82) is 0 Å². The van der Waals surface area contributed by atoms with E-state index < -0.39 is 0 Å². The Morgan fingerprint density at radius 1 is 1.10 bits per heavy atom. The fraction of sp³-hybridized carbons (Fsp3) is 0.684. The third-order valence-electron chi connectivity index (χ3n) is 3.64. The van der Waals surface area contributed by atoms with Gasteiger partial charge in [-0.2, -0.15) is 0 Å². The van der Waals surface area contributed by atoms with Gasteiger partial charge in [0.05, 0.1) is 0 Å². The predicted molar refractivity (Wildman–Crippen MR) is 89.8 cm³/mol. The van der Waals surface area contributed by atoms with Crippen LogP contribution in [-0.4, -0.2) is 0 Å². The van der Waals surface area contributed by atoms with E-state index in [0.717, 1.165) is 12.8 Å². The van der Waals surface area contributed by atoms with Crippen LogP contribution in [0.15, 0.2) is 24.3 Å². The van der Waals surface area contributed by atoms with Crippen molar-refractivity contribution in [3.63, 3.8) is 0 Å². The van der Waals surface area contributed by atoms with Crippen LogP contribution in [0.5, 0.6) is 0 Å². The van der Waals surface area contributed by atoms with Crippen LogP contribution >= 0.6 is 0 Å². The molecular formula is C19H33N. The van der Waals surface area contributed by atoms with E-state index in [-0.39, 0.29) is 6.04 Å². The van der Waals surface area contributed by atoms with Crippen LogP contribution in [-0.2, 0) is 6.42 Å². The molecule has 0 saturated carbocycles. The van der Waals surface area contributed by atoms with Crippen molar-refractivity contribution < 1.29 is 0 Å². The Morgan fingerprint density at radius 3 is 2.30 bits per heavy atom. The summed E-state index contributed by atoms with van der Waals surface area (Å²) < 4.78 is 0. The second-order valence-electron chi connectivity index (χ2n) is 8.06. The molecule has 0 radical (unpaired) electrons. The highest BCUT2D eigenvalue weighted by molar-refractivity contribution is 5.26.